The van der Waals surface area contributed by atoms with Gasteiger partial charge in [-0.3, -0.25) is 9.20 Å². The molecule has 0 radical (unpaired) electrons. The summed E-state index contributed by atoms with van der Waals surface area (Å²) in [7, 11) is 0. The van der Waals surface area contributed by atoms with Crippen LogP contribution >= 0.6 is 23.4 Å². The Kier molecular flexibility index (Phi) is 4.86. The Hall–Kier alpha value is -3.36. The van der Waals surface area contributed by atoms with Gasteiger partial charge in [-0.15, -0.1) is 10.2 Å². The molecule has 5 aromatic rings. The molecule has 9 heteroatoms. The minimum Gasteiger partial charge on any atom is -0.325 e. The lowest BCUT2D eigenvalue weighted by Gasteiger charge is -2.04. The van der Waals surface area contributed by atoms with Gasteiger partial charge < -0.3 is 5.32 Å². The second-order valence-electron chi connectivity index (χ2n) is 6.54. The Morgan fingerprint density at radius 1 is 1.03 bits per heavy atom. The third kappa shape index (κ3) is 3.62. The fraction of sp³-hybridized carbons (Fsp3) is 0.0476. The summed E-state index contributed by atoms with van der Waals surface area (Å²) in [6.07, 6.45) is 3.71. The number of amides is 1. The lowest BCUT2D eigenvalue weighted by Crippen LogP contribution is -2.14. The van der Waals surface area contributed by atoms with Crippen molar-refractivity contribution in [3.8, 4) is 11.3 Å². The fourth-order valence-electron chi connectivity index (χ4n) is 3.10. The van der Waals surface area contributed by atoms with Gasteiger partial charge >= 0.3 is 0 Å². The van der Waals surface area contributed by atoms with E-state index in [1.54, 1.807) is 28.8 Å². The topological polar surface area (TPSA) is 76.6 Å². The third-order valence-corrected chi connectivity index (χ3v) is 5.71. The van der Waals surface area contributed by atoms with Gasteiger partial charge in [0.05, 0.1) is 11.4 Å². The second kappa shape index (κ2) is 7.81. The number of carbonyl (C=O) groups is 1. The van der Waals surface area contributed by atoms with E-state index < -0.39 is 0 Å². The summed E-state index contributed by atoms with van der Waals surface area (Å²) in [5.74, 6) is 0.0826. The van der Waals surface area contributed by atoms with E-state index in [-0.39, 0.29) is 11.7 Å². The van der Waals surface area contributed by atoms with Gasteiger partial charge in [0, 0.05) is 28.7 Å². The normalized spacial score (nSPS) is 11.2. The Morgan fingerprint density at radius 2 is 1.83 bits per heavy atom. The van der Waals surface area contributed by atoms with Crippen LogP contribution in [-0.4, -0.2) is 35.9 Å². The van der Waals surface area contributed by atoms with Crippen molar-refractivity contribution in [3.63, 3.8) is 0 Å². The summed E-state index contributed by atoms with van der Waals surface area (Å²) >= 11 is 7.19. The van der Waals surface area contributed by atoms with Gasteiger partial charge in [0.2, 0.25) is 5.91 Å². The van der Waals surface area contributed by atoms with Crippen LogP contribution in [0.5, 0.6) is 0 Å². The predicted molar refractivity (Wildman–Crippen MR) is 118 cm³/mol. The number of benzene rings is 2. The monoisotopic (exact) mass is 434 g/mol. The van der Waals surface area contributed by atoms with Crippen LogP contribution in [0.25, 0.3) is 22.4 Å². The van der Waals surface area contributed by atoms with E-state index >= 15 is 0 Å². The van der Waals surface area contributed by atoms with Crippen LogP contribution in [0, 0.1) is 0 Å². The number of fused-ring (bicyclic) bond motifs is 3. The fourth-order valence-corrected chi connectivity index (χ4v) is 3.94. The minimum absolute atomic E-state index is 0.129. The summed E-state index contributed by atoms with van der Waals surface area (Å²) in [6, 6.07) is 19.0. The van der Waals surface area contributed by atoms with E-state index in [1.165, 1.54) is 11.8 Å². The van der Waals surface area contributed by atoms with E-state index in [0.29, 0.717) is 21.5 Å². The first-order valence-electron chi connectivity index (χ1n) is 9.14. The van der Waals surface area contributed by atoms with Gasteiger partial charge in [0.15, 0.2) is 10.8 Å². The highest BCUT2D eigenvalue weighted by atomic mass is 35.5. The van der Waals surface area contributed by atoms with Gasteiger partial charge in [0.1, 0.15) is 5.52 Å². The summed E-state index contributed by atoms with van der Waals surface area (Å²) in [6.45, 7) is 0. The third-order valence-electron chi connectivity index (χ3n) is 4.52. The molecule has 0 aliphatic carbocycles. The van der Waals surface area contributed by atoms with E-state index in [2.05, 4.69) is 20.6 Å². The molecule has 148 valence electrons. The summed E-state index contributed by atoms with van der Waals surface area (Å²) < 4.78 is 3.65. The molecule has 30 heavy (non-hydrogen) atoms. The zero-order valence-corrected chi connectivity index (χ0v) is 17.1. The Labute approximate surface area is 180 Å². The molecule has 7 nitrogen and oxygen atoms in total. The molecule has 0 bridgehead atoms. The zero-order valence-electron chi connectivity index (χ0n) is 15.6. The van der Waals surface area contributed by atoms with Crippen molar-refractivity contribution in [1.82, 2.24) is 24.2 Å². The summed E-state index contributed by atoms with van der Waals surface area (Å²) in [5, 5.41) is 17.3. The van der Waals surface area contributed by atoms with E-state index in [9.17, 15) is 4.79 Å². The van der Waals surface area contributed by atoms with Gasteiger partial charge in [-0.25, -0.2) is 4.52 Å². The maximum Gasteiger partial charge on any atom is 0.234 e. The van der Waals surface area contributed by atoms with E-state index in [0.717, 1.165) is 16.8 Å². The molecule has 1 amide bonds. The number of nitrogens with zero attached hydrogens (tertiary/aromatic N) is 5. The van der Waals surface area contributed by atoms with E-state index in [4.69, 9.17) is 11.6 Å². The zero-order chi connectivity index (χ0) is 20.5. The van der Waals surface area contributed by atoms with Gasteiger partial charge in [0.25, 0.3) is 0 Å². The molecule has 3 heterocycles. The first-order chi connectivity index (χ1) is 14.7. The molecule has 1 N–H and O–H groups in total. The molecule has 3 aromatic heterocycles. The molecule has 5 rings (SSSR count). The second-order valence-corrected chi connectivity index (χ2v) is 7.92. The van der Waals surface area contributed by atoms with Crippen molar-refractivity contribution in [1.29, 1.82) is 0 Å². The number of aromatic nitrogens is 5. The lowest BCUT2D eigenvalue weighted by molar-refractivity contribution is -0.113. The molecule has 0 saturated carbocycles. The van der Waals surface area contributed by atoms with Crippen LogP contribution in [0.3, 0.4) is 0 Å². The summed E-state index contributed by atoms with van der Waals surface area (Å²) in [4.78, 5) is 12.3. The smallest absolute Gasteiger partial charge is 0.234 e. The molecule has 0 aliphatic rings. The maximum atomic E-state index is 12.3. The average molecular weight is 435 g/mol. The van der Waals surface area contributed by atoms with Crippen molar-refractivity contribution in [3.05, 3.63) is 78.1 Å². The number of thioether (sulfide) groups is 1. The van der Waals surface area contributed by atoms with Crippen LogP contribution in [0.2, 0.25) is 5.02 Å². The first-order valence-corrected chi connectivity index (χ1v) is 10.5. The summed E-state index contributed by atoms with van der Waals surface area (Å²) in [5.41, 5.74) is 4.13. The number of anilines is 1. The molecular weight excluding hydrogens is 420 g/mol. The van der Waals surface area contributed by atoms with Crippen LogP contribution in [-0.2, 0) is 4.79 Å². The Bertz CT molecular complexity index is 1350. The molecule has 0 unspecified atom stereocenters. The van der Waals surface area contributed by atoms with E-state index in [1.807, 2.05) is 53.2 Å². The number of halogens is 1. The van der Waals surface area contributed by atoms with Crippen molar-refractivity contribution < 1.29 is 4.79 Å². The molecular formula is C21H15ClN6OS. The maximum absolute atomic E-state index is 12.3. The molecule has 0 fully saturated rings. The molecule has 0 aliphatic heterocycles. The van der Waals surface area contributed by atoms with Crippen molar-refractivity contribution in [2.45, 2.75) is 5.16 Å². The molecule has 0 spiro atoms. The largest absolute Gasteiger partial charge is 0.325 e. The number of rotatable bonds is 5. The highest BCUT2D eigenvalue weighted by Crippen LogP contribution is 2.24. The number of carbonyl (C=O) groups excluding carboxylic acids is 1. The van der Waals surface area contributed by atoms with Crippen LogP contribution < -0.4 is 5.32 Å². The van der Waals surface area contributed by atoms with Crippen molar-refractivity contribution in [2.75, 3.05) is 11.1 Å². The molecule has 0 atom stereocenters. The Balaban J connectivity index is 1.36. The SMILES string of the molecule is O=C(CSc1nnc2c3cc(-c4ccccc4)nn3ccn12)Nc1ccc(Cl)cc1. The van der Waals surface area contributed by atoms with Crippen molar-refractivity contribution >= 4 is 46.1 Å². The van der Waals surface area contributed by atoms with Gasteiger partial charge in [-0.05, 0) is 30.3 Å². The minimum atomic E-state index is -0.129. The average Bonchev–Trinajstić information content (AvgIpc) is 3.38. The highest BCUT2D eigenvalue weighted by molar-refractivity contribution is 7.99. The first kappa shape index (κ1) is 18.7. The highest BCUT2D eigenvalue weighted by Gasteiger charge is 2.14. The number of nitrogens with one attached hydrogen (secondary N) is 1. The standard InChI is InChI=1S/C21H15ClN6OS/c22-15-6-8-16(9-7-15)23-19(29)13-30-21-25-24-20-18-12-17(14-4-2-1-3-5-14)26-28(18)11-10-27(20)21/h1-12H,13H2,(H,23,29). The Morgan fingerprint density at radius 3 is 2.63 bits per heavy atom. The lowest BCUT2D eigenvalue weighted by atomic mass is 10.1. The number of hydrogen-bond donors (Lipinski definition) is 1. The van der Waals surface area contributed by atoms with Gasteiger partial charge in [-0.1, -0.05) is 53.7 Å². The number of hydrogen-bond acceptors (Lipinski definition) is 5. The predicted octanol–water partition coefficient (Wildman–Crippen LogP) is 4.43. The van der Waals surface area contributed by atoms with Crippen LogP contribution in [0.1, 0.15) is 0 Å². The molecule has 2 aromatic carbocycles. The van der Waals surface area contributed by atoms with Crippen LogP contribution in [0.4, 0.5) is 5.69 Å². The van der Waals surface area contributed by atoms with Crippen molar-refractivity contribution in [2.24, 2.45) is 0 Å². The van der Waals surface area contributed by atoms with Crippen LogP contribution in [0.15, 0.2) is 78.2 Å². The van der Waals surface area contributed by atoms with Gasteiger partial charge in [-0.2, -0.15) is 5.10 Å². The molecule has 0 saturated heterocycles. The quantitative estimate of drug-likeness (QED) is 0.414.